The molecule has 2 N–H and O–H groups in total. The molecule has 100 valence electrons. The molecule has 0 spiro atoms. The molecule has 0 radical (unpaired) electrons. The Morgan fingerprint density at radius 3 is 2.47 bits per heavy atom. The molecule has 0 aliphatic heterocycles. The first-order valence-corrected chi connectivity index (χ1v) is 6.38. The molecule has 0 aromatic carbocycles. The lowest BCUT2D eigenvalue weighted by atomic mass is 9.75. The van der Waals surface area contributed by atoms with Crippen molar-refractivity contribution < 1.29 is 18.3 Å². The average molecular weight is 251 g/mol. The largest absolute Gasteiger partial charge is 0.394 e. The van der Waals surface area contributed by atoms with Crippen molar-refractivity contribution in [3.8, 4) is 0 Å². The number of aliphatic hydroxyl groups excluding tert-OH is 1. The Labute approximate surface area is 99.6 Å². The molecule has 0 aromatic rings. The molecule has 0 amide bonds. The van der Waals surface area contributed by atoms with E-state index in [1.807, 2.05) is 0 Å². The number of aliphatic hydroxyl groups is 1. The van der Waals surface area contributed by atoms with Crippen molar-refractivity contribution in [2.75, 3.05) is 13.2 Å². The standard InChI is InChI=1S/C12H20F3NO/c13-12(14,15)10-2-1-5-11(6-10,8-17)16-7-9-3-4-9/h9-10,16-17H,1-8H2. The van der Waals surface area contributed by atoms with Gasteiger partial charge in [-0.1, -0.05) is 6.42 Å². The fourth-order valence-corrected chi connectivity index (χ4v) is 2.68. The van der Waals surface area contributed by atoms with Crippen LogP contribution in [0.5, 0.6) is 0 Å². The van der Waals surface area contributed by atoms with Gasteiger partial charge in [-0.15, -0.1) is 0 Å². The molecule has 5 heteroatoms. The van der Waals surface area contributed by atoms with E-state index in [0.29, 0.717) is 18.8 Å². The SMILES string of the molecule is OCC1(NCC2CC2)CCCC(C(F)(F)F)C1. The van der Waals surface area contributed by atoms with Crippen LogP contribution in [0.15, 0.2) is 0 Å². The zero-order chi connectivity index (χ0) is 12.5. The fraction of sp³-hybridized carbons (Fsp3) is 1.00. The minimum Gasteiger partial charge on any atom is -0.394 e. The second-order valence-corrected chi connectivity index (χ2v) is 5.60. The van der Waals surface area contributed by atoms with Crippen LogP contribution in [-0.4, -0.2) is 30.0 Å². The Hall–Kier alpha value is -0.290. The minimum absolute atomic E-state index is 0.0275. The van der Waals surface area contributed by atoms with Gasteiger partial charge in [0.05, 0.1) is 12.5 Å². The lowest BCUT2D eigenvalue weighted by Gasteiger charge is -2.41. The predicted octanol–water partition coefficient (Wildman–Crippen LogP) is 2.47. The maximum absolute atomic E-state index is 12.7. The number of halogens is 3. The summed E-state index contributed by atoms with van der Waals surface area (Å²) in [5, 5.41) is 12.6. The number of hydrogen-bond acceptors (Lipinski definition) is 2. The van der Waals surface area contributed by atoms with Crippen LogP contribution in [0.4, 0.5) is 13.2 Å². The van der Waals surface area contributed by atoms with Crippen molar-refractivity contribution in [1.29, 1.82) is 0 Å². The van der Waals surface area contributed by atoms with Gasteiger partial charge in [-0.3, -0.25) is 0 Å². The van der Waals surface area contributed by atoms with Crippen LogP contribution < -0.4 is 5.32 Å². The summed E-state index contributed by atoms with van der Waals surface area (Å²) in [4.78, 5) is 0. The third kappa shape index (κ3) is 3.35. The van der Waals surface area contributed by atoms with E-state index in [9.17, 15) is 18.3 Å². The summed E-state index contributed by atoms with van der Waals surface area (Å²) >= 11 is 0. The minimum atomic E-state index is -4.12. The lowest BCUT2D eigenvalue weighted by molar-refractivity contribution is -0.189. The third-order valence-corrected chi connectivity index (χ3v) is 4.07. The first-order chi connectivity index (χ1) is 7.95. The average Bonchev–Trinajstić information content (AvgIpc) is 3.09. The van der Waals surface area contributed by atoms with Gasteiger partial charge < -0.3 is 10.4 Å². The summed E-state index contributed by atoms with van der Waals surface area (Å²) in [5.74, 6) is -0.639. The second kappa shape index (κ2) is 4.76. The van der Waals surface area contributed by atoms with Gasteiger partial charge in [0, 0.05) is 5.54 Å². The zero-order valence-electron chi connectivity index (χ0n) is 9.89. The first kappa shape index (κ1) is 13.1. The third-order valence-electron chi connectivity index (χ3n) is 4.07. The van der Waals surface area contributed by atoms with Gasteiger partial charge in [-0.2, -0.15) is 13.2 Å². The molecule has 2 unspecified atom stereocenters. The summed E-state index contributed by atoms with van der Waals surface area (Å²) in [6.45, 7) is 0.567. The maximum atomic E-state index is 12.7. The maximum Gasteiger partial charge on any atom is 0.391 e. The van der Waals surface area contributed by atoms with E-state index in [0.717, 1.165) is 19.4 Å². The molecule has 2 fully saturated rings. The van der Waals surface area contributed by atoms with Crippen LogP contribution in [0.3, 0.4) is 0 Å². The van der Waals surface area contributed by atoms with Gasteiger partial charge in [0.25, 0.3) is 0 Å². The van der Waals surface area contributed by atoms with Crippen LogP contribution in [0, 0.1) is 11.8 Å². The molecule has 2 aliphatic rings. The molecule has 2 nitrogen and oxygen atoms in total. The highest BCUT2D eigenvalue weighted by atomic mass is 19.4. The molecule has 0 aromatic heterocycles. The molecule has 2 atom stereocenters. The van der Waals surface area contributed by atoms with Crippen LogP contribution in [-0.2, 0) is 0 Å². The van der Waals surface area contributed by atoms with Gasteiger partial charge in [-0.05, 0) is 44.6 Å². The van der Waals surface area contributed by atoms with Gasteiger partial charge in [0.15, 0.2) is 0 Å². The molecular formula is C12H20F3NO. The van der Waals surface area contributed by atoms with Crippen LogP contribution in [0.2, 0.25) is 0 Å². The highest BCUT2D eigenvalue weighted by Crippen LogP contribution is 2.42. The van der Waals surface area contributed by atoms with Crippen LogP contribution in [0.25, 0.3) is 0 Å². The number of alkyl halides is 3. The topological polar surface area (TPSA) is 32.3 Å². The Morgan fingerprint density at radius 1 is 1.24 bits per heavy atom. The molecule has 0 bridgehead atoms. The molecule has 2 aliphatic carbocycles. The second-order valence-electron chi connectivity index (χ2n) is 5.60. The van der Waals surface area contributed by atoms with E-state index in [4.69, 9.17) is 0 Å². The Morgan fingerprint density at radius 2 is 1.94 bits per heavy atom. The molecule has 0 saturated heterocycles. The molecule has 2 rings (SSSR count). The van der Waals surface area contributed by atoms with Crippen LogP contribution in [0.1, 0.15) is 38.5 Å². The van der Waals surface area contributed by atoms with Gasteiger partial charge in [-0.25, -0.2) is 0 Å². The summed E-state index contributed by atoms with van der Waals surface area (Å²) < 4.78 is 38.2. The van der Waals surface area contributed by atoms with Crippen molar-refractivity contribution in [1.82, 2.24) is 5.32 Å². The van der Waals surface area contributed by atoms with Crippen molar-refractivity contribution in [3.63, 3.8) is 0 Å². The number of rotatable bonds is 4. The predicted molar refractivity (Wildman–Crippen MR) is 58.6 cm³/mol. The Bertz CT molecular complexity index is 265. The van der Waals surface area contributed by atoms with Crippen molar-refractivity contribution in [3.05, 3.63) is 0 Å². The first-order valence-electron chi connectivity index (χ1n) is 6.38. The summed E-state index contributed by atoms with van der Waals surface area (Å²) in [6.07, 6.45) is -0.363. The van der Waals surface area contributed by atoms with Gasteiger partial charge in [0.1, 0.15) is 0 Å². The molecule has 17 heavy (non-hydrogen) atoms. The number of hydrogen-bond donors (Lipinski definition) is 2. The number of nitrogens with one attached hydrogen (secondary N) is 1. The Kier molecular flexibility index (Phi) is 3.69. The van der Waals surface area contributed by atoms with Gasteiger partial charge >= 0.3 is 6.18 Å². The molecule has 0 heterocycles. The van der Waals surface area contributed by atoms with Gasteiger partial charge in [0.2, 0.25) is 0 Å². The van der Waals surface area contributed by atoms with E-state index < -0.39 is 17.6 Å². The van der Waals surface area contributed by atoms with Crippen molar-refractivity contribution >= 4 is 0 Å². The van der Waals surface area contributed by atoms with Crippen molar-refractivity contribution in [2.24, 2.45) is 11.8 Å². The van der Waals surface area contributed by atoms with E-state index in [1.165, 1.54) is 0 Å². The van der Waals surface area contributed by atoms with Crippen molar-refractivity contribution in [2.45, 2.75) is 50.2 Å². The van der Waals surface area contributed by atoms with Crippen LogP contribution >= 0.6 is 0 Å². The van der Waals surface area contributed by atoms with E-state index in [2.05, 4.69) is 5.32 Å². The normalized spacial score (nSPS) is 34.9. The summed E-state index contributed by atoms with van der Waals surface area (Å²) in [6, 6.07) is 0. The molecule has 2 saturated carbocycles. The highest BCUT2D eigenvalue weighted by Gasteiger charge is 2.47. The van der Waals surface area contributed by atoms with E-state index >= 15 is 0 Å². The van der Waals surface area contributed by atoms with E-state index in [1.54, 1.807) is 0 Å². The van der Waals surface area contributed by atoms with E-state index in [-0.39, 0.29) is 19.4 Å². The lowest BCUT2D eigenvalue weighted by Crippen LogP contribution is -2.54. The summed E-state index contributed by atoms with van der Waals surface area (Å²) in [7, 11) is 0. The Balaban J connectivity index is 1.94. The highest BCUT2D eigenvalue weighted by molar-refractivity contribution is 4.96. The summed E-state index contributed by atoms with van der Waals surface area (Å²) in [5.41, 5.74) is -0.693. The fourth-order valence-electron chi connectivity index (χ4n) is 2.68. The quantitative estimate of drug-likeness (QED) is 0.804. The monoisotopic (exact) mass is 251 g/mol. The zero-order valence-corrected chi connectivity index (χ0v) is 9.89. The molecular weight excluding hydrogens is 231 g/mol. The smallest absolute Gasteiger partial charge is 0.391 e.